The van der Waals surface area contributed by atoms with Crippen molar-refractivity contribution < 1.29 is 21.5 Å². The van der Waals surface area contributed by atoms with Crippen LogP contribution in [0.3, 0.4) is 0 Å². The van der Waals surface area contributed by atoms with E-state index in [9.17, 15) is 0 Å². The Morgan fingerprint density at radius 2 is 0.880 bits per heavy atom. The highest BCUT2D eigenvalue weighted by atomic mass is 79.9. The molecule has 0 saturated heterocycles. The third kappa shape index (κ3) is 25.4. The molecule has 0 heterocycles. The van der Waals surface area contributed by atoms with Crippen molar-refractivity contribution in [2.45, 2.75) is 0 Å². The second-order valence-electron chi connectivity index (χ2n) is 4.91. The number of rotatable bonds is 13. The highest BCUT2D eigenvalue weighted by molar-refractivity contribution is 9.09. The summed E-state index contributed by atoms with van der Waals surface area (Å²) in [5.74, 6) is 0. The maximum atomic E-state index is 3.77. The van der Waals surface area contributed by atoms with Crippen molar-refractivity contribution in [2.24, 2.45) is 0 Å². The molecule has 0 unspecified atom stereocenters. The number of nitrogens with one attached hydrogen (secondary N) is 1. The molecule has 0 aromatic carbocycles. The van der Waals surface area contributed by atoms with Crippen molar-refractivity contribution in [3.05, 3.63) is 88.6 Å². The minimum Gasteiger partial charge on any atom is -1.00 e. The Morgan fingerprint density at radius 3 is 1.04 bits per heavy atom. The number of hydrogen-bond donors (Lipinski definition) is 1. The molecule has 0 aliphatic heterocycles. The van der Waals surface area contributed by atoms with E-state index < -0.39 is 0 Å². The molecule has 0 aromatic rings. The molecule has 2 nitrogen and oxygen atoms in total. The van der Waals surface area contributed by atoms with E-state index in [1.807, 2.05) is 36.5 Å². The average molecular weight is 476 g/mol. The third-order valence-electron chi connectivity index (χ3n) is 2.75. The van der Waals surface area contributed by atoms with Crippen molar-refractivity contribution in [1.29, 1.82) is 0 Å². The zero-order valence-electron chi connectivity index (χ0n) is 15.6. The molecule has 0 aromatic heterocycles. The van der Waals surface area contributed by atoms with E-state index in [1.54, 1.807) is 6.08 Å². The Labute approximate surface area is 175 Å². The quantitative estimate of drug-likeness (QED) is 0.186. The van der Waals surface area contributed by atoms with Crippen LogP contribution < -0.4 is 22.3 Å². The normalized spacial score (nSPS) is 8.68. The average Bonchev–Trinajstić information content (AvgIpc) is 2.57. The van der Waals surface area contributed by atoms with Crippen LogP contribution in [0.1, 0.15) is 0 Å². The third-order valence-corrected chi connectivity index (χ3v) is 3.21. The highest BCUT2D eigenvalue weighted by Gasteiger charge is 2.20. The van der Waals surface area contributed by atoms with Crippen molar-refractivity contribution in [3.8, 4) is 0 Å². The molecular weight excluding hydrogens is 440 g/mol. The van der Waals surface area contributed by atoms with E-state index in [0.29, 0.717) is 0 Å². The van der Waals surface area contributed by atoms with E-state index >= 15 is 0 Å². The van der Waals surface area contributed by atoms with Crippen LogP contribution in [0.4, 0.5) is 0 Å². The summed E-state index contributed by atoms with van der Waals surface area (Å²) in [6.07, 6.45) is 13.2. The largest absolute Gasteiger partial charge is 1.00 e. The van der Waals surface area contributed by atoms with E-state index in [4.69, 9.17) is 0 Å². The Kier molecular flexibility index (Phi) is 35.5. The molecule has 1 N–H and O–H groups in total. The molecule has 0 atom stereocenters. The predicted octanol–water partition coefficient (Wildman–Crippen LogP) is 2.07. The first-order chi connectivity index (χ1) is 11.6. The topological polar surface area (TPSA) is 12.0 Å². The summed E-state index contributed by atoms with van der Waals surface area (Å²) >= 11 is 3.13. The first kappa shape index (κ1) is 31.8. The van der Waals surface area contributed by atoms with Gasteiger partial charge in [-0.3, -0.25) is 0 Å². The van der Waals surface area contributed by atoms with Crippen LogP contribution in [0.2, 0.25) is 0 Å². The van der Waals surface area contributed by atoms with Crippen LogP contribution in [-0.2, 0) is 0 Å². The van der Waals surface area contributed by atoms with Crippen LogP contribution in [0.5, 0.6) is 0 Å². The number of alkyl halides is 1. The second kappa shape index (κ2) is 27.9. The Bertz CT molecular complexity index is 309. The molecule has 0 spiro atoms. The maximum Gasteiger partial charge on any atom is 0.0978 e. The summed E-state index contributed by atoms with van der Waals surface area (Å²) in [6.45, 7) is 31.1. The van der Waals surface area contributed by atoms with Crippen molar-refractivity contribution in [3.63, 3.8) is 0 Å². The molecule has 0 radical (unpaired) electrons. The zero-order valence-corrected chi connectivity index (χ0v) is 18.8. The van der Waals surface area contributed by atoms with Gasteiger partial charge >= 0.3 is 0 Å². The minimum absolute atomic E-state index is 0. The molecule has 0 rings (SSSR count). The molecule has 0 saturated carbocycles. The predicted molar refractivity (Wildman–Crippen MR) is 118 cm³/mol. The molecule has 0 aliphatic rings. The molecule has 144 valence electrons. The fourth-order valence-corrected chi connectivity index (χ4v) is 1.83. The van der Waals surface area contributed by atoms with Gasteiger partial charge in [-0.05, 0) is 24.3 Å². The monoisotopic (exact) mass is 474 g/mol. The number of halogens is 2. The van der Waals surface area contributed by atoms with Crippen molar-refractivity contribution in [2.75, 3.05) is 44.6 Å². The Hall–Kier alpha value is -0.940. The van der Waals surface area contributed by atoms with Crippen LogP contribution in [0.15, 0.2) is 88.6 Å². The molecular formula is C21H36Br2N2. The van der Waals surface area contributed by atoms with Crippen molar-refractivity contribution >= 4 is 15.9 Å². The van der Waals surface area contributed by atoms with Crippen LogP contribution in [0.25, 0.3) is 0 Å². The standard InChI is InChI=1S/C12H20N.C6H11N.C3H5Br.BrH/c1-5-9-13(10-6-2,11-7-3)12-8-4;1-3-5-7-6-4-2;1-2-3-4;/h5-8H,1-4,9-12H2;3-4,7H,1-2,5-6H2;2H,1,3H2;1H/q+1;;;/p-1. The van der Waals surface area contributed by atoms with Crippen molar-refractivity contribution in [1.82, 2.24) is 5.32 Å². The summed E-state index contributed by atoms with van der Waals surface area (Å²) in [4.78, 5) is 0. The summed E-state index contributed by atoms with van der Waals surface area (Å²) in [5, 5.41) is 3.94. The minimum atomic E-state index is 0. The SMILES string of the molecule is C=CCBr.C=CCNCC=C.C=CC[N+](CC=C)(CC=C)CC=C.[Br-]. The van der Waals surface area contributed by atoms with E-state index in [0.717, 1.165) is 49.1 Å². The Balaban J connectivity index is -0.000000155. The van der Waals surface area contributed by atoms with Gasteiger partial charge in [0.15, 0.2) is 0 Å². The summed E-state index contributed by atoms with van der Waals surface area (Å²) in [7, 11) is 0. The summed E-state index contributed by atoms with van der Waals surface area (Å²) in [6, 6.07) is 0. The lowest BCUT2D eigenvalue weighted by atomic mass is 10.3. The lowest BCUT2D eigenvalue weighted by Gasteiger charge is -2.35. The number of nitrogens with zero attached hydrogens (tertiary/aromatic N) is 1. The molecule has 0 amide bonds. The fraction of sp³-hybridized carbons (Fsp3) is 0.333. The maximum absolute atomic E-state index is 3.77. The van der Waals surface area contributed by atoms with E-state index in [1.165, 1.54) is 0 Å². The molecule has 0 bridgehead atoms. The van der Waals surface area contributed by atoms with Gasteiger partial charge in [-0.15, -0.1) is 19.7 Å². The number of hydrogen-bond acceptors (Lipinski definition) is 1. The van der Waals surface area contributed by atoms with Gasteiger partial charge < -0.3 is 26.8 Å². The fourth-order valence-electron chi connectivity index (χ4n) is 1.83. The van der Waals surface area contributed by atoms with Gasteiger partial charge in [0.25, 0.3) is 0 Å². The molecule has 4 heteroatoms. The lowest BCUT2D eigenvalue weighted by molar-refractivity contribution is -0.906. The second-order valence-corrected chi connectivity index (χ2v) is 5.55. The van der Waals surface area contributed by atoms with E-state index in [2.05, 4.69) is 67.3 Å². The molecule has 0 fully saturated rings. The van der Waals surface area contributed by atoms with Gasteiger partial charge in [-0.1, -0.05) is 60.5 Å². The first-order valence-electron chi connectivity index (χ1n) is 7.95. The van der Waals surface area contributed by atoms with Gasteiger partial charge in [0.1, 0.15) is 0 Å². The lowest BCUT2D eigenvalue weighted by Crippen LogP contribution is -3.00. The van der Waals surface area contributed by atoms with Crippen LogP contribution >= 0.6 is 15.9 Å². The highest BCUT2D eigenvalue weighted by Crippen LogP contribution is 2.07. The van der Waals surface area contributed by atoms with Gasteiger partial charge in [0.05, 0.1) is 26.2 Å². The van der Waals surface area contributed by atoms with Gasteiger partial charge in [0.2, 0.25) is 0 Å². The van der Waals surface area contributed by atoms with Crippen LogP contribution in [-0.4, -0.2) is 49.1 Å². The van der Waals surface area contributed by atoms with Gasteiger partial charge in [-0.2, -0.15) is 0 Å². The number of allylic oxidation sites excluding steroid dienone is 1. The molecule has 0 aliphatic carbocycles. The van der Waals surface area contributed by atoms with Crippen LogP contribution in [0, 0.1) is 0 Å². The first-order valence-corrected chi connectivity index (χ1v) is 9.08. The van der Waals surface area contributed by atoms with Gasteiger partial charge in [0, 0.05) is 18.4 Å². The van der Waals surface area contributed by atoms with E-state index in [-0.39, 0.29) is 17.0 Å². The van der Waals surface area contributed by atoms with Gasteiger partial charge in [-0.25, -0.2) is 0 Å². The zero-order chi connectivity index (χ0) is 19.1. The smallest absolute Gasteiger partial charge is 0.0978 e. The number of quaternary nitrogens is 1. The summed E-state index contributed by atoms with van der Waals surface area (Å²) < 4.78 is 0.903. The Morgan fingerprint density at radius 1 is 0.600 bits per heavy atom. The summed E-state index contributed by atoms with van der Waals surface area (Å²) in [5.41, 5.74) is 0. The molecule has 25 heavy (non-hydrogen) atoms.